The molecule has 0 aromatic heterocycles. The van der Waals surface area contributed by atoms with Crippen LogP contribution in [0.2, 0.25) is 0 Å². The molecule has 1 saturated carbocycles. The normalized spacial score (nSPS) is 14.6. The quantitative estimate of drug-likeness (QED) is 0.474. The Morgan fingerprint density at radius 3 is 2.85 bits per heavy atom. The number of halogens is 1. The first-order chi connectivity index (χ1) is 9.55. The van der Waals surface area contributed by atoms with Gasteiger partial charge in [0, 0.05) is 6.04 Å². The summed E-state index contributed by atoms with van der Waals surface area (Å²) >= 11 is 1.96. The number of amides is 1. The van der Waals surface area contributed by atoms with Gasteiger partial charge in [-0.1, -0.05) is 0 Å². The molecule has 104 valence electrons. The fraction of sp³-hybridized carbons (Fsp3) is 0.286. The second kappa shape index (κ2) is 6.13. The topological polar surface area (TPSA) is 82.3 Å². The van der Waals surface area contributed by atoms with Gasteiger partial charge in [-0.05, 0) is 59.2 Å². The Kier molecular flexibility index (Phi) is 4.49. The summed E-state index contributed by atoms with van der Waals surface area (Å²) in [6.45, 7) is 0. The first-order valence-corrected chi connectivity index (χ1v) is 7.12. The summed E-state index contributed by atoms with van der Waals surface area (Å²) in [7, 11) is 1.45. The SMILES string of the molecule is COc1cc(/C=C(\C#N)C(=O)NC2CC2)cc(I)c1O. The highest BCUT2D eigenvalue weighted by Crippen LogP contribution is 2.33. The minimum atomic E-state index is -0.364. The minimum Gasteiger partial charge on any atom is -0.504 e. The number of rotatable bonds is 4. The molecule has 20 heavy (non-hydrogen) atoms. The molecule has 1 fully saturated rings. The molecule has 1 amide bonds. The van der Waals surface area contributed by atoms with Gasteiger partial charge in [0.15, 0.2) is 11.5 Å². The van der Waals surface area contributed by atoms with Crippen molar-refractivity contribution in [3.8, 4) is 17.6 Å². The number of phenols is 1. The standard InChI is InChI=1S/C14H13IN2O3/c1-20-12-6-8(5-11(15)13(12)18)4-9(7-16)14(19)17-10-2-3-10/h4-6,10,18H,2-3H2,1H3,(H,17,19)/b9-4+. The van der Waals surface area contributed by atoms with E-state index in [1.165, 1.54) is 13.2 Å². The van der Waals surface area contributed by atoms with Crippen molar-refractivity contribution < 1.29 is 14.6 Å². The van der Waals surface area contributed by atoms with E-state index in [-0.39, 0.29) is 23.3 Å². The van der Waals surface area contributed by atoms with Crippen molar-refractivity contribution in [1.82, 2.24) is 5.32 Å². The maximum atomic E-state index is 11.9. The van der Waals surface area contributed by atoms with Gasteiger partial charge < -0.3 is 15.2 Å². The Morgan fingerprint density at radius 1 is 1.60 bits per heavy atom. The second-order valence-electron chi connectivity index (χ2n) is 4.47. The molecule has 6 heteroatoms. The summed E-state index contributed by atoms with van der Waals surface area (Å²) in [5.41, 5.74) is 0.673. The second-order valence-corrected chi connectivity index (χ2v) is 5.63. The number of phenolic OH excluding ortho intramolecular Hbond substituents is 1. The number of carbonyl (C=O) groups excluding carboxylic acids is 1. The highest BCUT2D eigenvalue weighted by Gasteiger charge is 2.24. The largest absolute Gasteiger partial charge is 0.504 e. The van der Waals surface area contributed by atoms with Crippen LogP contribution in [-0.2, 0) is 4.79 Å². The molecule has 2 rings (SSSR count). The van der Waals surface area contributed by atoms with Gasteiger partial charge in [-0.2, -0.15) is 5.26 Å². The molecule has 0 radical (unpaired) electrons. The van der Waals surface area contributed by atoms with Crippen LogP contribution >= 0.6 is 22.6 Å². The molecule has 1 aliphatic carbocycles. The third-order valence-electron chi connectivity index (χ3n) is 2.86. The number of aromatic hydroxyl groups is 1. The number of methoxy groups -OCH3 is 1. The molecular weight excluding hydrogens is 371 g/mol. The van der Waals surface area contributed by atoms with Crippen molar-refractivity contribution in [3.63, 3.8) is 0 Å². The van der Waals surface area contributed by atoms with E-state index in [2.05, 4.69) is 5.32 Å². The fourth-order valence-corrected chi connectivity index (χ4v) is 2.26. The van der Waals surface area contributed by atoms with E-state index in [1.807, 2.05) is 28.7 Å². The molecular formula is C14H13IN2O3. The average Bonchev–Trinajstić information content (AvgIpc) is 3.23. The predicted molar refractivity (Wildman–Crippen MR) is 82.1 cm³/mol. The smallest absolute Gasteiger partial charge is 0.262 e. The number of carbonyl (C=O) groups is 1. The zero-order valence-electron chi connectivity index (χ0n) is 10.8. The predicted octanol–water partition coefficient (Wildman–Crippen LogP) is 2.19. The van der Waals surface area contributed by atoms with Crippen molar-refractivity contribution in [2.24, 2.45) is 0 Å². The number of benzene rings is 1. The molecule has 0 saturated heterocycles. The Morgan fingerprint density at radius 2 is 2.30 bits per heavy atom. The lowest BCUT2D eigenvalue weighted by Crippen LogP contribution is -2.26. The van der Waals surface area contributed by atoms with Crippen LogP contribution in [0.25, 0.3) is 6.08 Å². The lowest BCUT2D eigenvalue weighted by Gasteiger charge is -2.07. The van der Waals surface area contributed by atoms with E-state index >= 15 is 0 Å². The summed E-state index contributed by atoms with van der Waals surface area (Å²) < 4.78 is 5.64. The van der Waals surface area contributed by atoms with Gasteiger partial charge in [-0.15, -0.1) is 0 Å². The van der Waals surface area contributed by atoms with Crippen LogP contribution in [0.5, 0.6) is 11.5 Å². The average molecular weight is 384 g/mol. The molecule has 0 spiro atoms. The Balaban J connectivity index is 2.29. The van der Waals surface area contributed by atoms with Crippen LogP contribution in [0.15, 0.2) is 17.7 Å². The molecule has 0 atom stereocenters. The zero-order chi connectivity index (χ0) is 14.7. The van der Waals surface area contributed by atoms with Crippen LogP contribution in [-0.4, -0.2) is 24.2 Å². The molecule has 0 unspecified atom stereocenters. The molecule has 5 nitrogen and oxygen atoms in total. The number of nitrogens with zero attached hydrogens (tertiary/aromatic N) is 1. The van der Waals surface area contributed by atoms with Crippen molar-refractivity contribution in [2.75, 3.05) is 7.11 Å². The van der Waals surface area contributed by atoms with Crippen LogP contribution < -0.4 is 10.1 Å². The monoisotopic (exact) mass is 384 g/mol. The van der Waals surface area contributed by atoms with E-state index in [4.69, 9.17) is 10.00 Å². The van der Waals surface area contributed by atoms with Gasteiger partial charge in [0.25, 0.3) is 5.91 Å². The van der Waals surface area contributed by atoms with Crippen LogP contribution in [0.1, 0.15) is 18.4 Å². The Bertz CT molecular complexity index is 616. The maximum Gasteiger partial charge on any atom is 0.262 e. The van der Waals surface area contributed by atoms with Gasteiger partial charge >= 0.3 is 0 Å². The number of nitriles is 1. The first-order valence-electron chi connectivity index (χ1n) is 6.04. The summed E-state index contributed by atoms with van der Waals surface area (Å²) in [5.74, 6) is -0.00807. The molecule has 1 aromatic carbocycles. The van der Waals surface area contributed by atoms with Gasteiger partial charge in [0.05, 0.1) is 10.7 Å². The number of hydrogen-bond acceptors (Lipinski definition) is 4. The van der Waals surface area contributed by atoms with Gasteiger partial charge in [0.1, 0.15) is 11.6 Å². The van der Waals surface area contributed by atoms with Gasteiger partial charge in [0.2, 0.25) is 0 Å². The van der Waals surface area contributed by atoms with E-state index in [0.717, 1.165) is 12.8 Å². The van der Waals surface area contributed by atoms with Crippen LogP contribution in [0, 0.1) is 14.9 Å². The highest BCUT2D eigenvalue weighted by molar-refractivity contribution is 14.1. The number of hydrogen-bond donors (Lipinski definition) is 2. The van der Waals surface area contributed by atoms with Gasteiger partial charge in [-0.25, -0.2) is 0 Å². The fourth-order valence-electron chi connectivity index (χ4n) is 1.64. The van der Waals surface area contributed by atoms with Crippen LogP contribution in [0.4, 0.5) is 0 Å². The zero-order valence-corrected chi connectivity index (χ0v) is 13.0. The number of nitrogens with one attached hydrogen (secondary N) is 1. The molecule has 1 aromatic rings. The first kappa shape index (κ1) is 14.7. The summed E-state index contributed by atoms with van der Waals surface area (Å²) in [6.07, 6.45) is 3.42. The number of ether oxygens (including phenoxy) is 1. The summed E-state index contributed by atoms with van der Waals surface area (Å²) in [4.78, 5) is 11.9. The van der Waals surface area contributed by atoms with E-state index in [9.17, 15) is 9.90 Å². The summed E-state index contributed by atoms with van der Waals surface area (Å²) in [5, 5.41) is 21.6. The van der Waals surface area contributed by atoms with Crippen molar-refractivity contribution in [1.29, 1.82) is 5.26 Å². The molecule has 0 bridgehead atoms. The third kappa shape index (κ3) is 3.42. The van der Waals surface area contributed by atoms with Crippen molar-refractivity contribution in [3.05, 3.63) is 26.8 Å². The third-order valence-corrected chi connectivity index (χ3v) is 3.68. The molecule has 0 aliphatic heterocycles. The van der Waals surface area contributed by atoms with E-state index in [0.29, 0.717) is 14.9 Å². The summed E-state index contributed by atoms with van der Waals surface area (Å²) in [6, 6.07) is 5.36. The molecule has 1 aliphatic rings. The van der Waals surface area contributed by atoms with Gasteiger partial charge in [-0.3, -0.25) is 4.79 Å². The lowest BCUT2D eigenvalue weighted by molar-refractivity contribution is -0.117. The van der Waals surface area contributed by atoms with Crippen LogP contribution in [0.3, 0.4) is 0 Å². The molecule has 0 heterocycles. The maximum absolute atomic E-state index is 11.9. The van der Waals surface area contributed by atoms with E-state index < -0.39 is 0 Å². The highest BCUT2D eigenvalue weighted by atomic mass is 127. The minimum absolute atomic E-state index is 0.0421. The molecule has 2 N–H and O–H groups in total. The van der Waals surface area contributed by atoms with Crippen molar-refractivity contribution in [2.45, 2.75) is 18.9 Å². The lowest BCUT2D eigenvalue weighted by atomic mass is 10.1. The van der Waals surface area contributed by atoms with Crippen molar-refractivity contribution >= 4 is 34.6 Å². The Labute approximate surface area is 130 Å². The Hall–Kier alpha value is -1.75. The van der Waals surface area contributed by atoms with E-state index in [1.54, 1.807) is 12.1 Å².